The lowest BCUT2D eigenvalue weighted by molar-refractivity contribution is -0.386. The largest absolute Gasteiger partial charge is 0.500 e. The van der Waals surface area contributed by atoms with Crippen LogP contribution in [0.3, 0.4) is 0 Å². The first kappa shape index (κ1) is 17.8. The number of thioether (sulfide) groups is 1. The molecule has 0 unspecified atom stereocenters. The minimum absolute atomic E-state index is 0.0862. The van der Waals surface area contributed by atoms with Gasteiger partial charge in [0, 0.05) is 12.6 Å². The molecule has 1 aromatic carbocycles. The van der Waals surface area contributed by atoms with E-state index in [-0.39, 0.29) is 27.4 Å². The van der Waals surface area contributed by atoms with E-state index in [0.29, 0.717) is 6.54 Å². The molecule has 1 fully saturated rings. The summed E-state index contributed by atoms with van der Waals surface area (Å²) in [7, 11) is 1.26. The maximum absolute atomic E-state index is 12.3. The van der Waals surface area contributed by atoms with Gasteiger partial charge in [-0.25, -0.2) is 0 Å². The van der Waals surface area contributed by atoms with E-state index >= 15 is 0 Å². The Morgan fingerprint density at radius 3 is 2.62 bits per heavy atom. The molecule has 0 spiro atoms. The molecule has 1 N–H and O–H groups in total. The second-order valence-electron chi connectivity index (χ2n) is 5.53. The number of nitrogens with zero attached hydrogens (tertiary/aromatic N) is 2. The van der Waals surface area contributed by atoms with Crippen molar-refractivity contribution in [2.75, 3.05) is 13.7 Å². The van der Waals surface area contributed by atoms with Crippen LogP contribution >= 0.6 is 11.8 Å². The number of carbonyl (C=O) groups is 2. The first-order valence-corrected chi connectivity index (χ1v) is 7.87. The lowest BCUT2D eigenvalue weighted by Gasteiger charge is -2.14. The van der Waals surface area contributed by atoms with Gasteiger partial charge in [-0.05, 0) is 35.4 Å². The number of phenolic OH excluding ortho intramolecular Hbond substituents is 1. The fourth-order valence-corrected chi connectivity index (χ4v) is 3.01. The van der Waals surface area contributed by atoms with Crippen molar-refractivity contribution in [1.29, 1.82) is 0 Å². The normalized spacial score (nSPS) is 16.3. The van der Waals surface area contributed by atoms with Crippen LogP contribution in [-0.2, 0) is 4.79 Å². The highest BCUT2D eigenvalue weighted by molar-refractivity contribution is 8.18. The van der Waals surface area contributed by atoms with Crippen LogP contribution in [0.15, 0.2) is 17.0 Å². The minimum Gasteiger partial charge on any atom is -0.500 e. The zero-order valence-electron chi connectivity index (χ0n) is 13.3. The Kier molecular flexibility index (Phi) is 5.13. The number of phenols is 1. The molecular weight excluding hydrogens is 336 g/mol. The van der Waals surface area contributed by atoms with E-state index in [4.69, 9.17) is 4.74 Å². The SMILES string of the molecule is COc1cc(/C=C2\SC(=O)N(CC(C)C)C2=O)cc([N+](=O)[O-])c1O. The molecule has 0 radical (unpaired) electrons. The molecule has 2 amide bonds. The average Bonchev–Trinajstić information content (AvgIpc) is 2.75. The van der Waals surface area contributed by atoms with Crippen LogP contribution in [0.1, 0.15) is 19.4 Å². The highest BCUT2D eigenvalue weighted by Crippen LogP contribution is 2.39. The van der Waals surface area contributed by atoms with E-state index in [1.54, 1.807) is 0 Å². The topological polar surface area (TPSA) is 110 Å². The molecule has 24 heavy (non-hydrogen) atoms. The number of aromatic hydroxyl groups is 1. The van der Waals surface area contributed by atoms with Crippen molar-refractivity contribution in [1.82, 2.24) is 4.90 Å². The highest BCUT2D eigenvalue weighted by atomic mass is 32.2. The summed E-state index contributed by atoms with van der Waals surface area (Å²) in [6.45, 7) is 4.09. The summed E-state index contributed by atoms with van der Waals surface area (Å²) in [6, 6.07) is 2.48. The number of nitro groups is 1. The standard InChI is InChI=1S/C15H16N2O6S/c1-8(2)7-16-14(19)12(24-15(16)20)6-9-4-10(17(21)22)13(18)11(5-9)23-3/h4-6,8,18H,7H2,1-3H3/b12-6-. The van der Waals surface area contributed by atoms with Gasteiger partial charge in [0.05, 0.1) is 16.9 Å². The minimum atomic E-state index is -0.750. The molecule has 0 saturated carbocycles. The maximum Gasteiger partial charge on any atom is 0.315 e. The van der Waals surface area contributed by atoms with E-state index in [1.165, 1.54) is 19.3 Å². The summed E-state index contributed by atoms with van der Waals surface area (Å²) in [6.07, 6.45) is 1.38. The van der Waals surface area contributed by atoms with Gasteiger partial charge in [0.2, 0.25) is 5.75 Å². The molecule has 1 aliphatic heterocycles. The Bertz CT molecular complexity index is 744. The van der Waals surface area contributed by atoms with Gasteiger partial charge >= 0.3 is 5.69 Å². The predicted octanol–water partition coefficient (Wildman–Crippen LogP) is 3.00. The van der Waals surface area contributed by atoms with Crippen LogP contribution in [-0.4, -0.2) is 39.7 Å². The van der Waals surface area contributed by atoms with Crippen molar-refractivity contribution in [3.8, 4) is 11.5 Å². The van der Waals surface area contributed by atoms with Gasteiger partial charge in [-0.2, -0.15) is 0 Å². The number of rotatable bonds is 5. The lowest BCUT2D eigenvalue weighted by atomic mass is 10.1. The number of methoxy groups -OCH3 is 1. The van der Waals surface area contributed by atoms with Gasteiger partial charge in [0.15, 0.2) is 5.75 Å². The molecule has 9 heteroatoms. The van der Waals surface area contributed by atoms with E-state index in [0.717, 1.165) is 22.7 Å². The number of amides is 2. The number of benzene rings is 1. The van der Waals surface area contributed by atoms with E-state index in [9.17, 15) is 24.8 Å². The Hall–Kier alpha value is -2.55. The average molecular weight is 352 g/mol. The summed E-state index contributed by atoms with van der Waals surface area (Å²) in [5.74, 6) is -0.981. The van der Waals surface area contributed by atoms with Gasteiger partial charge in [-0.1, -0.05) is 13.8 Å². The molecule has 0 bridgehead atoms. The first-order valence-electron chi connectivity index (χ1n) is 7.05. The van der Waals surface area contributed by atoms with Crippen molar-refractivity contribution in [2.45, 2.75) is 13.8 Å². The van der Waals surface area contributed by atoms with Crippen LogP contribution in [0.5, 0.6) is 11.5 Å². The number of imide groups is 1. The van der Waals surface area contributed by atoms with Crippen LogP contribution in [0.25, 0.3) is 6.08 Å². The van der Waals surface area contributed by atoms with Crippen LogP contribution in [0.2, 0.25) is 0 Å². The first-order chi connectivity index (χ1) is 11.2. The molecule has 1 heterocycles. The summed E-state index contributed by atoms with van der Waals surface area (Å²) >= 11 is 0.776. The van der Waals surface area contributed by atoms with Gasteiger partial charge in [0.1, 0.15) is 0 Å². The van der Waals surface area contributed by atoms with Crippen molar-refractivity contribution in [2.24, 2.45) is 5.92 Å². The predicted molar refractivity (Wildman–Crippen MR) is 88.8 cm³/mol. The van der Waals surface area contributed by atoms with Crippen molar-refractivity contribution < 1.29 is 24.4 Å². The van der Waals surface area contributed by atoms with Crippen LogP contribution < -0.4 is 4.74 Å². The third-order valence-electron chi connectivity index (χ3n) is 3.21. The fourth-order valence-electron chi connectivity index (χ4n) is 2.17. The Morgan fingerprint density at radius 2 is 2.08 bits per heavy atom. The molecule has 2 rings (SSSR count). The molecule has 8 nitrogen and oxygen atoms in total. The molecule has 1 saturated heterocycles. The van der Waals surface area contributed by atoms with Crippen molar-refractivity contribution in [3.63, 3.8) is 0 Å². The lowest BCUT2D eigenvalue weighted by Crippen LogP contribution is -2.31. The molecule has 0 aliphatic carbocycles. The second-order valence-corrected chi connectivity index (χ2v) is 6.53. The van der Waals surface area contributed by atoms with Crippen LogP contribution in [0.4, 0.5) is 10.5 Å². The monoisotopic (exact) mass is 352 g/mol. The third kappa shape index (κ3) is 3.51. The zero-order valence-corrected chi connectivity index (χ0v) is 14.1. The van der Waals surface area contributed by atoms with Crippen molar-refractivity contribution in [3.05, 3.63) is 32.7 Å². The van der Waals surface area contributed by atoms with Crippen LogP contribution in [0, 0.1) is 16.0 Å². The molecule has 0 atom stereocenters. The van der Waals surface area contributed by atoms with Gasteiger partial charge < -0.3 is 9.84 Å². The quantitative estimate of drug-likeness (QED) is 0.493. The molecule has 128 valence electrons. The summed E-state index contributed by atoms with van der Waals surface area (Å²) in [4.78, 5) is 35.8. The third-order valence-corrected chi connectivity index (χ3v) is 4.12. The Balaban J connectivity index is 2.41. The highest BCUT2D eigenvalue weighted by Gasteiger charge is 2.35. The Morgan fingerprint density at radius 1 is 1.42 bits per heavy atom. The fraction of sp³-hybridized carbons (Fsp3) is 0.333. The van der Waals surface area contributed by atoms with E-state index in [2.05, 4.69) is 0 Å². The number of hydrogen-bond acceptors (Lipinski definition) is 7. The van der Waals surface area contributed by atoms with Crippen molar-refractivity contribution >= 4 is 34.7 Å². The smallest absolute Gasteiger partial charge is 0.315 e. The number of ether oxygens (including phenoxy) is 1. The number of carbonyl (C=O) groups excluding carboxylic acids is 2. The zero-order chi connectivity index (χ0) is 18.0. The van der Waals surface area contributed by atoms with Gasteiger partial charge in [-0.3, -0.25) is 24.6 Å². The van der Waals surface area contributed by atoms with E-state index in [1.807, 2.05) is 13.8 Å². The number of hydrogen-bond donors (Lipinski definition) is 1. The summed E-state index contributed by atoms with van der Waals surface area (Å²) < 4.78 is 4.91. The van der Waals surface area contributed by atoms with E-state index < -0.39 is 22.3 Å². The Labute approximate surface area is 142 Å². The summed E-state index contributed by atoms with van der Waals surface area (Å²) in [5.41, 5.74) is -0.256. The van der Waals surface area contributed by atoms with Gasteiger partial charge in [0.25, 0.3) is 11.1 Å². The second kappa shape index (κ2) is 6.91. The molecule has 1 aromatic rings. The maximum atomic E-state index is 12.3. The number of nitro benzene ring substituents is 1. The molecule has 1 aliphatic rings. The summed E-state index contributed by atoms with van der Waals surface area (Å²) in [5, 5.41) is 20.4. The molecule has 0 aromatic heterocycles. The molecular formula is C15H16N2O6S. The van der Waals surface area contributed by atoms with Gasteiger partial charge in [-0.15, -0.1) is 0 Å².